The third-order valence-electron chi connectivity index (χ3n) is 12.0. The van der Waals surface area contributed by atoms with E-state index in [1.807, 2.05) is 0 Å². The highest BCUT2D eigenvalue weighted by atomic mass is 16.5. The molecule has 2 heteroatoms. The SMILES string of the molecule is CCCCCCCCCC(=O)O[C@H]1CC[C@@]2(C)C(=CC=C3C4CCC(C(C)CCCC(C)C)[C@@]4(C)CCC32)C1. The first-order valence-electron chi connectivity index (χ1n) is 17.3. The molecule has 0 aromatic heterocycles. The van der Waals surface area contributed by atoms with Crippen LogP contribution < -0.4 is 0 Å². The summed E-state index contributed by atoms with van der Waals surface area (Å²) in [6.45, 7) is 14.8. The van der Waals surface area contributed by atoms with Gasteiger partial charge >= 0.3 is 5.97 Å². The van der Waals surface area contributed by atoms with E-state index in [9.17, 15) is 4.79 Å². The summed E-state index contributed by atoms with van der Waals surface area (Å²) >= 11 is 0. The molecule has 0 spiro atoms. The molecule has 3 saturated carbocycles. The Morgan fingerprint density at radius 2 is 1.62 bits per heavy atom. The van der Waals surface area contributed by atoms with Crippen molar-refractivity contribution in [3.63, 3.8) is 0 Å². The number of unbranched alkanes of at least 4 members (excludes halogenated alkanes) is 6. The van der Waals surface area contributed by atoms with E-state index < -0.39 is 0 Å². The van der Waals surface area contributed by atoms with E-state index in [1.54, 1.807) is 11.1 Å². The van der Waals surface area contributed by atoms with Crippen LogP contribution in [0.2, 0.25) is 0 Å². The Kier molecular flexibility index (Phi) is 10.9. The van der Waals surface area contributed by atoms with Crippen LogP contribution in [0.1, 0.15) is 157 Å². The van der Waals surface area contributed by atoms with Crippen molar-refractivity contribution in [2.75, 3.05) is 0 Å². The zero-order valence-corrected chi connectivity index (χ0v) is 26.7. The van der Waals surface area contributed by atoms with E-state index >= 15 is 0 Å². The molecule has 2 nitrogen and oxygen atoms in total. The standard InChI is InChI=1S/C37H62O2/c1-7-8-9-10-11-12-13-17-35(38)39-30-22-24-36(5)29(26-30)18-19-31-33-21-20-32(28(4)16-14-15-27(2)3)37(33,6)25-23-34(31)36/h18-19,27-28,30,32-34H,7-17,20-26H2,1-6H3/t28?,30-,32?,33?,34?,36-,37+/m0/s1. The van der Waals surface area contributed by atoms with Crippen LogP contribution in [0.4, 0.5) is 0 Å². The zero-order chi connectivity index (χ0) is 28.0. The molecule has 7 atom stereocenters. The van der Waals surface area contributed by atoms with Gasteiger partial charge in [0, 0.05) is 12.8 Å². The smallest absolute Gasteiger partial charge is 0.306 e. The maximum atomic E-state index is 12.6. The molecule has 0 amide bonds. The van der Waals surface area contributed by atoms with E-state index in [-0.39, 0.29) is 17.5 Å². The van der Waals surface area contributed by atoms with Crippen LogP contribution in [-0.2, 0) is 9.53 Å². The van der Waals surface area contributed by atoms with Crippen LogP contribution in [0.15, 0.2) is 23.3 Å². The predicted octanol–water partition coefficient (Wildman–Crippen LogP) is 11.0. The van der Waals surface area contributed by atoms with Crippen molar-refractivity contribution in [3.8, 4) is 0 Å². The first-order valence-corrected chi connectivity index (χ1v) is 17.3. The number of allylic oxidation sites excluding steroid dienone is 3. The largest absolute Gasteiger partial charge is 0.462 e. The third kappa shape index (κ3) is 7.06. The summed E-state index contributed by atoms with van der Waals surface area (Å²) in [6.07, 6.45) is 27.4. The fourth-order valence-corrected chi connectivity index (χ4v) is 9.57. The van der Waals surface area contributed by atoms with Gasteiger partial charge in [-0.25, -0.2) is 0 Å². The fourth-order valence-electron chi connectivity index (χ4n) is 9.57. The Morgan fingerprint density at radius 1 is 0.872 bits per heavy atom. The second kappa shape index (κ2) is 13.7. The Morgan fingerprint density at radius 3 is 2.36 bits per heavy atom. The normalized spacial score (nSPS) is 34.5. The maximum absolute atomic E-state index is 12.6. The van der Waals surface area contributed by atoms with Gasteiger partial charge in [-0.2, -0.15) is 0 Å². The van der Waals surface area contributed by atoms with Gasteiger partial charge in [-0.3, -0.25) is 4.79 Å². The van der Waals surface area contributed by atoms with Gasteiger partial charge in [0.2, 0.25) is 0 Å². The number of esters is 1. The molecule has 4 aliphatic carbocycles. The first-order chi connectivity index (χ1) is 18.7. The summed E-state index contributed by atoms with van der Waals surface area (Å²) in [5.41, 5.74) is 4.12. The van der Waals surface area contributed by atoms with Gasteiger partial charge < -0.3 is 4.74 Å². The Hall–Kier alpha value is -1.05. The van der Waals surface area contributed by atoms with Crippen LogP contribution >= 0.6 is 0 Å². The molecule has 222 valence electrons. The lowest BCUT2D eigenvalue weighted by molar-refractivity contribution is -0.151. The van der Waals surface area contributed by atoms with Gasteiger partial charge in [-0.05, 0) is 85.4 Å². The molecule has 0 radical (unpaired) electrons. The second-order valence-electron chi connectivity index (χ2n) is 15.1. The summed E-state index contributed by atoms with van der Waals surface area (Å²) in [5.74, 6) is 4.10. The summed E-state index contributed by atoms with van der Waals surface area (Å²) in [7, 11) is 0. The number of hydrogen-bond acceptors (Lipinski definition) is 2. The minimum absolute atomic E-state index is 0.0396. The molecule has 0 saturated heterocycles. The van der Waals surface area contributed by atoms with E-state index in [4.69, 9.17) is 4.74 Å². The number of carbonyl (C=O) groups excluding carboxylic acids is 1. The van der Waals surface area contributed by atoms with E-state index in [2.05, 4.69) is 53.7 Å². The van der Waals surface area contributed by atoms with Crippen LogP contribution in [0.5, 0.6) is 0 Å². The molecular weight excluding hydrogens is 476 g/mol. The van der Waals surface area contributed by atoms with E-state index in [1.165, 1.54) is 89.9 Å². The summed E-state index contributed by atoms with van der Waals surface area (Å²) in [4.78, 5) is 12.6. The Balaban J connectivity index is 1.32. The number of carbonyl (C=O) groups is 1. The maximum Gasteiger partial charge on any atom is 0.306 e. The van der Waals surface area contributed by atoms with Gasteiger partial charge in [0.1, 0.15) is 6.10 Å². The van der Waals surface area contributed by atoms with Crippen LogP contribution in [0, 0.1) is 40.4 Å². The molecule has 3 fully saturated rings. The highest BCUT2D eigenvalue weighted by Gasteiger charge is 2.57. The lowest BCUT2D eigenvalue weighted by atomic mass is 9.50. The van der Waals surface area contributed by atoms with Crippen molar-refractivity contribution in [2.24, 2.45) is 40.4 Å². The average molecular weight is 539 g/mol. The molecule has 4 unspecified atom stereocenters. The highest BCUT2D eigenvalue weighted by molar-refractivity contribution is 5.69. The molecule has 39 heavy (non-hydrogen) atoms. The van der Waals surface area contributed by atoms with Gasteiger partial charge in [-0.15, -0.1) is 0 Å². The van der Waals surface area contributed by atoms with Crippen molar-refractivity contribution in [3.05, 3.63) is 23.3 Å². The average Bonchev–Trinajstić information content (AvgIpc) is 3.25. The van der Waals surface area contributed by atoms with E-state index in [0.717, 1.165) is 42.9 Å². The van der Waals surface area contributed by atoms with Crippen LogP contribution in [0.25, 0.3) is 0 Å². The van der Waals surface area contributed by atoms with Crippen LogP contribution in [-0.4, -0.2) is 12.1 Å². The summed E-state index contributed by atoms with van der Waals surface area (Å²) in [6, 6.07) is 0. The van der Waals surface area contributed by atoms with Crippen molar-refractivity contribution in [1.29, 1.82) is 0 Å². The lowest BCUT2D eigenvalue weighted by Crippen LogP contribution is -2.46. The molecule has 0 aromatic carbocycles. The van der Waals surface area contributed by atoms with Crippen molar-refractivity contribution < 1.29 is 9.53 Å². The predicted molar refractivity (Wildman–Crippen MR) is 166 cm³/mol. The Labute approximate surface area is 242 Å². The molecule has 0 N–H and O–H groups in total. The Bertz CT molecular complexity index is 867. The third-order valence-corrected chi connectivity index (χ3v) is 12.0. The van der Waals surface area contributed by atoms with Gasteiger partial charge in [0.15, 0.2) is 0 Å². The molecule has 0 aromatic rings. The van der Waals surface area contributed by atoms with Crippen molar-refractivity contribution >= 4 is 5.97 Å². The monoisotopic (exact) mass is 538 g/mol. The number of hydrogen-bond donors (Lipinski definition) is 0. The first kappa shape index (κ1) is 30.9. The lowest BCUT2D eigenvalue weighted by Gasteiger charge is -2.55. The molecule has 4 aliphatic rings. The van der Waals surface area contributed by atoms with Gasteiger partial charge in [0.25, 0.3) is 0 Å². The van der Waals surface area contributed by atoms with Gasteiger partial charge in [-0.1, -0.05) is 123 Å². The molecule has 0 bridgehead atoms. The van der Waals surface area contributed by atoms with Crippen molar-refractivity contribution in [2.45, 2.75) is 163 Å². The minimum atomic E-state index is 0.0396. The van der Waals surface area contributed by atoms with E-state index in [0.29, 0.717) is 17.8 Å². The molecule has 4 rings (SSSR count). The molecule has 0 aliphatic heterocycles. The molecule has 0 heterocycles. The number of ether oxygens (including phenoxy) is 1. The van der Waals surface area contributed by atoms with Gasteiger partial charge in [0.05, 0.1) is 0 Å². The number of rotatable bonds is 14. The minimum Gasteiger partial charge on any atom is -0.462 e. The second-order valence-corrected chi connectivity index (χ2v) is 15.1. The summed E-state index contributed by atoms with van der Waals surface area (Å²) in [5, 5.41) is 0. The summed E-state index contributed by atoms with van der Waals surface area (Å²) < 4.78 is 6.04. The quantitative estimate of drug-likeness (QED) is 0.162. The molecular formula is C37H62O2. The van der Waals surface area contributed by atoms with Crippen LogP contribution in [0.3, 0.4) is 0 Å². The fraction of sp³-hybridized carbons (Fsp3) is 0.865. The van der Waals surface area contributed by atoms with Crippen molar-refractivity contribution in [1.82, 2.24) is 0 Å². The highest BCUT2D eigenvalue weighted by Crippen LogP contribution is 2.66. The zero-order valence-electron chi connectivity index (χ0n) is 26.7. The topological polar surface area (TPSA) is 26.3 Å². The number of fused-ring (bicyclic) bond motifs is 5.